The van der Waals surface area contributed by atoms with Crippen LogP contribution in [0.2, 0.25) is 0 Å². The summed E-state index contributed by atoms with van der Waals surface area (Å²) >= 11 is 0. The Morgan fingerprint density at radius 3 is 2.88 bits per heavy atom. The van der Waals surface area contributed by atoms with E-state index in [1.165, 1.54) is 0 Å². The number of imidazole rings is 1. The van der Waals surface area contributed by atoms with Gasteiger partial charge in [0.2, 0.25) is 0 Å². The summed E-state index contributed by atoms with van der Waals surface area (Å²) in [6.07, 6.45) is 4.50. The first-order valence-corrected chi connectivity index (χ1v) is 5.45. The van der Waals surface area contributed by atoms with Crippen molar-refractivity contribution in [3.05, 3.63) is 36.2 Å². The molecule has 0 spiro atoms. The Bertz CT molecular complexity index is 582. The lowest BCUT2D eigenvalue weighted by atomic mass is 10.2. The lowest BCUT2D eigenvalue weighted by Gasteiger charge is -2.07. The Kier molecular flexibility index (Phi) is 2.95. The fraction of sp³-hybridized carbons (Fsp3) is 0.231. The van der Waals surface area contributed by atoms with Crippen LogP contribution >= 0.6 is 0 Å². The highest BCUT2D eigenvalue weighted by molar-refractivity contribution is 5.86. The summed E-state index contributed by atoms with van der Waals surface area (Å²) in [4.78, 5) is 14.7. The zero-order valence-electron chi connectivity index (χ0n) is 9.79. The lowest BCUT2D eigenvalue weighted by Crippen LogP contribution is -1.97. The molecule has 1 N–H and O–H groups in total. The van der Waals surface area contributed by atoms with Crippen LogP contribution < -0.4 is 0 Å². The number of hydrogen-bond acceptors (Lipinski definition) is 2. The van der Waals surface area contributed by atoms with E-state index in [1.54, 1.807) is 12.4 Å². The minimum absolute atomic E-state index is 0.361. The highest BCUT2D eigenvalue weighted by Gasteiger charge is 2.05. The average molecular weight is 230 g/mol. The van der Waals surface area contributed by atoms with Crippen LogP contribution in [0.5, 0.6) is 0 Å². The van der Waals surface area contributed by atoms with Crippen molar-refractivity contribution in [1.82, 2.24) is 9.55 Å². The van der Waals surface area contributed by atoms with E-state index in [2.05, 4.69) is 23.4 Å². The average Bonchev–Trinajstić information content (AvgIpc) is 2.69. The van der Waals surface area contributed by atoms with Crippen LogP contribution in [-0.4, -0.2) is 20.6 Å². The Labute approximate surface area is 99.2 Å². The highest BCUT2D eigenvalue weighted by atomic mass is 16.4. The van der Waals surface area contributed by atoms with E-state index < -0.39 is 5.97 Å². The first-order chi connectivity index (χ1) is 8.08. The van der Waals surface area contributed by atoms with Crippen LogP contribution in [0.15, 0.2) is 30.6 Å². The van der Waals surface area contributed by atoms with Crippen LogP contribution in [0.25, 0.3) is 17.1 Å². The van der Waals surface area contributed by atoms with Crippen LogP contribution in [0.4, 0.5) is 0 Å². The molecular weight excluding hydrogens is 216 g/mol. The Hall–Kier alpha value is -2.10. The van der Waals surface area contributed by atoms with Gasteiger partial charge in [0.15, 0.2) is 0 Å². The predicted octanol–water partition coefficient (Wildman–Crippen LogP) is 2.72. The number of carbonyl (C=O) groups is 1. The Morgan fingerprint density at radius 1 is 1.47 bits per heavy atom. The zero-order valence-corrected chi connectivity index (χ0v) is 9.79. The number of aromatic nitrogens is 2. The third-order valence-corrected chi connectivity index (χ3v) is 2.57. The quantitative estimate of drug-likeness (QED) is 0.825. The summed E-state index contributed by atoms with van der Waals surface area (Å²) in [6.45, 7) is 4.19. The van der Waals surface area contributed by atoms with Gasteiger partial charge in [0.05, 0.1) is 17.4 Å². The summed E-state index contributed by atoms with van der Waals surface area (Å²) in [5.41, 5.74) is 2.78. The highest BCUT2D eigenvalue weighted by Crippen LogP contribution is 2.19. The molecular formula is C13H14N2O2. The molecule has 1 aromatic heterocycles. The zero-order chi connectivity index (χ0) is 12.4. The third-order valence-electron chi connectivity index (χ3n) is 2.57. The number of hydrogen-bond donors (Lipinski definition) is 1. The predicted molar refractivity (Wildman–Crippen MR) is 66.8 cm³/mol. The van der Waals surface area contributed by atoms with E-state index in [0.717, 1.165) is 22.7 Å². The molecule has 0 radical (unpaired) electrons. The Morgan fingerprint density at radius 2 is 2.24 bits per heavy atom. The molecule has 0 bridgehead atoms. The normalized spacial score (nSPS) is 11.7. The second-order valence-corrected chi connectivity index (χ2v) is 4.17. The maximum absolute atomic E-state index is 10.4. The summed E-state index contributed by atoms with van der Waals surface area (Å²) < 4.78 is 2.08. The van der Waals surface area contributed by atoms with E-state index in [1.807, 2.05) is 18.2 Å². The van der Waals surface area contributed by atoms with E-state index in [-0.39, 0.29) is 0 Å². The van der Waals surface area contributed by atoms with Crippen molar-refractivity contribution in [1.29, 1.82) is 0 Å². The van der Waals surface area contributed by atoms with Crippen LogP contribution in [0, 0.1) is 0 Å². The molecule has 2 rings (SSSR count). The van der Waals surface area contributed by atoms with Crippen LogP contribution in [0.1, 0.15) is 25.5 Å². The fourth-order valence-corrected chi connectivity index (χ4v) is 1.73. The molecule has 0 saturated heterocycles. The molecule has 0 atom stereocenters. The Balaban J connectivity index is 2.42. The van der Waals surface area contributed by atoms with Gasteiger partial charge in [-0.2, -0.15) is 0 Å². The number of rotatable bonds is 3. The lowest BCUT2D eigenvalue weighted by molar-refractivity contribution is -0.131. The minimum atomic E-state index is -0.946. The SMILES string of the molecule is CC(C)n1cnc2cc(/C=C/C(=O)O)ccc21. The van der Waals surface area contributed by atoms with Gasteiger partial charge in [-0.1, -0.05) is 6.07 Å². The molecule has 0 aliphatic rings. The van der Waals surface area contributed by atoms with Crippen LogP contribution in [-0.2, 0) is 4.79 Å². The topological polar surface area (TPSA) is 55.1 Å². The van der Waals surface area contributed by atoms with Crippen molar-refractivity contribution in [2.45, 2.75) is 19.9 Å². The number of carboxylic acid groups (broad SMARTS) is 1. The molecule has 88 valence electrons. The summed E-state index contributed by atoms with van der Waals surface area (Å²) in [6, 6.07) is 6.10. The number of aliphatic carboxylic acids is 1. The monoisotopic (exact) mass is 230 g/mol. The second kappa shape index (κ2) is 4.41. The summed E-state index contributed by atoms with van der Waals surface area (Å²) in [7, 11) is 0. The number of nitrogens with zero attached hydrogens (tertiary/aromatic N) is 2. The first kappa shape index (κ1) is 11.4. The molecule has 0 amide bonds. The van der Waals surface area contributed by atoms with Gasteiger partial charge in [-0.3, -0.25) is 0 Å². The molecule has 2 aromatic rings. The molecule has 1 aromatic carbocycles. The molecule has 0 fully saturated rings. The van der Waals surface area contributed by atoms with E-state index >= 15 is 0 Å². The largest absolute Gasteiger partial charge is 0.478 e. The smallest absolute Gasteiger partial charge is 0.328 e. The molecule has 0 saturated carbocycles. The number of carboxylic acids is 1. The van der Waals surface area contributed by atoms with Crippen molar-refractivity contribution in [2.75, 3.05) is 0 Å². The van der Waals surface area contributed by atoms with Gasteiger partial charge in [0.1, 0.15) is 0 Å². The van der Waals surface area contributed by atoms with Crippen molar-refractivity contribution in [3.8, 4) is 0 Å². The van der Waals surface area contributed by atoms with Crippen molar-refractivity contribution < 1.29 is 9.90 Å². The molecule has 4 nitrogen and oxygen atoms in total. The van der Waals surface area contributed by atoms with Gasteiger partial charge < -0.3 is 9.67 Å². The fourth-order valence-electron chi connectivity index (χ4n) is 1.73. The number of benzene rings is 1. The van der Waals surface area contributed by atoms with E-state index in [4.69, 9.17) is 5.11 Å². The van der Waals surface area contributed by atoms with Gasteiger partial charge in [-0.15, -0.1) is 0 Å². The molecule has 0 aliphatic carbocycles. The van der Waals surface area contributed by atoms with Crippen molar-refractivity contribution in [3.63, 3.8) is 0 Å². The number of fused-ring (bicyclic) bond motifs is 1. The van der Waals surface area contributed by atoms with Gasteiger partial charge >= 0.3 is 5.97 Å². The third kappa shape index (κ3) is 2.36. The maximum Gasteiger partial charge on any atom is 0.328 e. The summed E-state index contributed by atoms with van der Waals surface area (Å²) in [5, 5.41) is 8.56. The van der Waals surface area contributed by atoms with Gasteiger partial charge in [-0.25, -0.2) is 9.78 Å². The van der Waals surface area contributed by atoms with Gasteiger partial charge in [0.25, 0.3) is 0 Å². The molecule has 0 aliphatic heterocycles. The van der Waals surface area contributed by atoms with Gasteiger partial charge in [-0.05, 0) is 37.6 Å². The first-order valence-electron chi connectivity index (χ1n) is 5.45. The van der Waals surface area contributed by atoms with E-state index in [9.17, 15) is 4.79 Å². The molecule has 4 heteroatoms. The van der Waals surface area contributed by atoms with Crippen LogP contribution in [0.3, 0.4) is 0 Å². The van der Waals surface area contributed by atoms with Gasteiger partial charge in [0, 0.05) is 12.1 Å². The summed E-state index contributed by atoms with van der Waals surface area (Å²) in [5.74, 6) is -0.946. The van der Waals surface area contributed by atoms with E-state index in [0.29, 0.717) is 6.04 Å². The molecule has 1 heterocycles. The van der Waals surface area contributed by atoms with Crippen molar-refractivity contribution in [2.24, 2.45) is 0 Å². The molecule has 17 heavy (non-hydrogen) atoms. The molecule has 0 unspecified atom stereocenters. The second-order valence-electron chi connectivity index (χ2n) is 4.17. The maximum atomic E-state index is 10.4. The standard InChI is InChI=1S/C13H14N2O2/c1-9(2)15-8-14-11-7-10(3-5-12(11)15)4-6-13(16)17/h3-9H,1-2H3,(H,16,17)/b6-4+. The minimum Gasteiger partial charge on any atom is -0.478 e. The van der Waals surface area contributed by atoms with Crippen molar-refractivity contribution >= 4 is 23.1 Å².